The molecule has 3 saturated heterocycles. The van der Waals surface area contributed by atoms with Crippen molar-refractivity contribution in [1.29, 1.82) is 0 Å². The maximum Gasteiger partial charge on any atom is 0.239 e. The number of amides is 1. The minimum atomic E-state index is 0.0548. The van der Waals surface area contributed by atoms with Crippen molar-refractivity contribution in [2.45, 2.75) is 44.7 Å². The molecule has 0 aromatic carbocycles. The standard InChI is InChI=1S/C17H31N4O/c1-15(19-9-3-2-4-10-19)17(22)21-13-11-20(12-14-21)16-5-7-18-8-6-16/h2,15-16,18H,3-14H2,1H3. The molecule has 0 spiro atoms. The number of piperazine rings is 1. The van der Waals surface area contributed by atoms with Crippen molar-refractivity contribution in [3.05, 3.63) is 6.42 Å². The van der Waals surface area contributed by atoms with Gasteiger partial charge in [-0.15, -0.1) is 0 Å². The fourth-order valence-electron chi connectivity index (χ4n) is 4.06. The van der Waals surface area contributed by atoms with Crippen LogP contribution in [-0.4, -0.2) is 85.0 Å². The van der Waals surface area contributed by atoms with Gasteiger partial charge in [-0.3, -0.25) is 14.6 Å². The van der Waals surface area contributed by atoms with E-state index in [1.807, 2.05) is 0 Å². The van der Waals surface area contributed by atoms with E-state index in [4.69, 9.17) is 0 Å². The summed E-state index contributed by atoms with van der Waals surface area (Å²) in [6.45, 7) is 10.4. The van der Waals surface area contributed by atoms with E-state index in [-0.39, 0.29) is 6.04 Å². The van der Waals surface area contributed by atoms with E-state index >= 15 is 0 Å². The van der Waals surface area contributed by atoms with Gasteiger partial charge in [0.15, 0.2) is 0 Å². The molecule has 1 N–H and O–H groups in total. The third-order valence-electron chi connectivity index (χ3n) is 5.60. The van der Waals surface area contributed by atoms with Crippen LogP contribution in [0.4, 0.5) is 0 Å². The number of hydrogen-bond donors (Lipinski definition) is 1. The largest absolute Gasteiger partial charge is 0.339 e. The second kappa shape index (κ2) is 7.75. The summed E-state index contributed by atoms with van der Waals surface area (Å²) >= 11 is 0. The van der Waals surface area contributed by atoms with Crippen molar-refractivity contribution in [3.8, 4) is 0 Å². The molecule has 3 rings (SSSR count). The number of carbonyl (C=O) groups excluding carboxylic acids is 1. The van der Waals surface area contributed by atoms with Crippen LogP contribution in [0.5, 0.6) is 0 Å². The van der Waals surface area contributed by atoms with Crippen LogP contribution in [-0.2, 0) is 4.79 Å². The van der Waals surface area contributed by atoms with Crippen molar-refractivity contribution in [2.75, 3.05) is 52.4 Å². The highest BCUT2D eigenvalue weighted by Gasteiger charge is 2.31. The SMILES string of the molecule is CC(C(=O)N1CCN(C2CCNCC2)CC1)N1CC[CH]CC1. The Kier molecular flexibility index (Phi) is 5.71. The lowest BCUT2D eigenvalue weighted by molar-refractivity contribution is -0.138. The van der Waals surface area contributed by atoms with Crippen LogP contribution >= 0.6 is 0 Å². The number of likely N-dealkylation sites (tertiary alicyclic amines) is 1. The molecule has 1 radical (unpaired) electrons. The predicted octanol–water partition coefficient (Wildman–Crippen LogP) is 0.571. The van der Waals surface area contributed by atoms with E-state index in [1.165, 1.54) is 12.8 Å². The van der Waals surface area contributed by atoms with E-state index in [1.54, 1.807) is 0 Å². The van der Waals surface area contributed by atoms with Gasteiger partial charge in [0, 0.05) is 32.2 Å². The number of piperidine rings is 2. The lowest BCUT2D eigenvalue weighted by Gasteiger charge is -2.42. The maximum atomic E-state index is 12.7. The number of hydrogen-bond acceptors (Lipinski definition) is 4. The van der Waals surface area contributed by atoms with E-state index in [0.717, 1.165) is 71.2 Å². The summed E-state index contributed by atoms with van der Waals surface area (Å²) in [6, 6.07) is 0.785. The van der Waals surface area contributed by atoms with Crippen LogP contribution in [0.3, 0.4) is 0 Å². The molecule has 1 amide bonds. The molecule has 3 aliphatic rings. The summed E-state index contributed by atoms with van der Waals surface area (Å²) in [5, 5.41) is 3.43. The monoisotopic (exact) mass is 307 g/mol. The molecular formula is C17H31N4O. The Morgan fingerprint density at radius 2 is 1.68 bits per heavy atom. The predicted molar refractivity (Wildman–Crippen MR) is 88.6 cm³/mol. The molecular weight excluding hydrogens is 276 g/mol. The van der Waals surface area contributed by atoms with Crippen LogP contribution in [0.25, 0.3) is 0 Å². The second-order valence-corrected chi connectivity index (χ2v) is 6.92. The number of nitrogens with zero attached hydrogens (tertiary/aromatic N) is 3. The fraction of sp³-hybridized carbons (Fsp3) is 0.882. The van der Waals surface area contributed by atoms with E-state index in [0.29, 0.717) is 5.91 Å². The first-order valence-electron chi connectivity index (χ1n) is 9.05. The van der Waals surface area contributed by atoms with Crippen LogP contribution in [0.2, 0.25) is 0 Å². The first kappa shape index (κ1) is 16.2. The van der Waals surface area contributed by atoms with Gasteiger partial charge in [0.1, 0.15) is 0 Å². The topological polar surface area (TPSA) is 38.8 Å². The minimum absolute atomic E-state index is 0.0548. The van der Waals surface area contributed by atoms with Crippen molar-refractivity contribution < 1.29 is 4.79 Å². The van der Waals surface area contributed by atoms with Crippen molar-refractivity contribution in [2.24, 2.45) is 0 Å². The summed E-state index contributed by atoms with van der Waals surface area (Å²) in [5.74, 6) is 0.340. The zero-order chi connectivity index (χ0) is 15.4. The Balaban J connectivity index is 1.46. The molecule has 1 atom stereocenters. The van der Waals surface area contributed by atoms with Gasteiger partial charge < -0.3 is 10.2 Å². The Morgan fingerprint density at radius 3 is 2.32 bits per heavy atom. The highest BCUT2D eigenvalue weighted by molar-refractivity contribution is 5.81. The van der Waals surface area contributed by atoms with Crippen molar-refractivity contribution >= 4 is 5.91 Å². The van der Waals surface area contributed by atoms with Gasteiger partial charge in [-0.1, -0.05) is 0 Å². The summed E-state index contributed by atoms with van der Waals surface area (Å²) in [5.41, 5.74) is 0. The van der Waals surface area contributed by atoms with Crippen molar-refractivity contribution in [1.82, 2.24) is 20.0 Å². The molecule has 5 nitrogen and oxygen atoms in total. The number of nitrogens with one attached hydrogen (secondary N) is 1. The number of rotatable bonds is 3. The van der Waals surface area contributed by atoms with Gasteiger partial charge in [0.2, 0.25) is 5.91 Å². The molecule has 3 fully saturated rings. The van der Waals surface area contributed by atoms with Crippen LogP contribution in [0.1, 0.15) is 32.6 Å². The molecule has 0 aliphatic carbocycles. The average Bonchev–Trinajstić information content (AvgIpc) is 2.62. The molecule has 0 aromatic rings. The molecule has 125 valence electrons. The normalized spacial score (nSPS) is 27.8. The molecule has 3 heterocycles. The Labute approximate surface area is 135 Å². The fourth-order valence-corrected chi connectivity index (χ4v) is 4.06. The van der Waals surface area contributed by atoms with Gasteiger partial charge >= 0.3 is 0 Å². The van der Waals surface area contributed by atoms with Gasteiger partial charge in [0.05, 0.1) is 6.04 Å². The summed E-state index contributed by atoms with van der Waals surface area (Å²) in [6.07, 6.45) is 7.11. The highest BCUT2D eigenvalue weighted by atomic mass is 16.2. The van der Waals surface area contributed by atoms with Crippen LogP contribution in [0, 0.1) is 6.42 Å². The van der Waals surface area contributed by atoms with Gasteiger partial charge in [-0.05, 0) is 65.2 Å². The maximum absolute atomic E-state index is 12.7. The zero-order valence-corrected chi connectivity index (χ0v) is 14.0. The van der Waals surface area contributed by atoms with E-state index in [2.05, 4.69) is 33.4 Å². The minimum Gasteiger partial charge on any atom is -0.339 e. The van der Waals surface area contributed by atoms with Crippen LogP contribution < -0.4 is 5.32 Å². The first-order chi connectivity index (χ1) is 10.8. The quantitative estimate of drug-likeness (QED) is 0.827. The van der Waals surface area contributed by atoms with E-state index < -0.39 is 0 Å². The van der Waals surface area contributed by atoms with Crippen LogP contribution in [0.15, 0.2) is 0 Å². The Morgan fingerprint density at radius 1 is 1.05 bits per heavy atom. The molecule has 22 heavy (non-hydrogen) atoms. The molecule has 3 aliphatic heterocycles. The Hall–Kier alpha value is -0.650. The molecule has 1 unspecified atom stereocenters. The Bertz CT molecular complexity index is 356. The smallest absolute Gasteiger partial charge is 0.239 e. The molecule has 5 heteroatoms. The lowest BCUT2D eigenvalue weighted by Crippen LogP contribution is -2.57. The molecule has 0 aromatic heterocycles. The van der Waals surface area contributed by atoms with E-state index in [9.17, 15) is 4.79 Å². The van der Waals surface area contributed by atoms with Gasteiger partial charge in [0.25, 0.3) is 0 Å². The lowest BCUT2D eigenvalue weighted by atomic mass is 10.0. The molecule has 0 saturated carbocycles. The summed E-state index contributed by atoms with van der Waals surface area (Å²) in [4.78, 5) is 19.8. The zero-order valence-electron chi connectivity index (χ0n) is 14.0. The van der Waals surface area contributed by atoms with Gasteiger partial charge in [-0.2, -0.15) is 0 Å². The second-order valence-electron chi connectivity index (χ2n) is 6.92. The van der Waals surface area contributed by atoms with Gasteiger partial charge in [-0.25, -0.2) is 0 Å². The summed E-state index contributed by atoms with van der Waals surface area (Å²) < 4.78 is 0. The third kappa shape index (κ3) is 3.81. The highest BCUT2D eigenvalue weighted by Crippen LogP contribution is 2.17. The molecule has 0 bridgehead atoms. The average molecular weight is 307 g/mol. The number of carbonyl (C=O) groups is 1. The third-order valence-corrected chi connectivity index (χ3v) is 5.60. The summed E-state index contributed by atoms with van der Waals surface area (Å²) in [7, 11) is 0. The first-order valence-corrected chi connectivity index (χ1v) is 9.05. The van der Waals surface area contributed by atoms with Crippen molar-refractivity contribution in [3.63, 3.8) is 0 Å².